The maximum Gasteiger partial charge on any atom is 0.105 e. The normalized spacial score (nSPS) is 21.2. The van der Waals surface area contributed by atoms with Crippen molar-refractivity contribution in [3.05, 3.63) is 17.7 Å². The Morgan fingerprint density at radius 1 is 1.31 bits per heavy atom. The summed E-state index contributed by atoms with van der Waals surface area (Å²) in [5.74, 6) is 1.10. The zero-order valence-corrected chi connectivity index (χ0v) is 11.0. The van der Waals surface area contributed by atoms with Gasteiger partial charge in [-0.1, -0.05) is 13.8 Å². The van der Waals surface area contributed by atoms with Gasteiger partial charge in [-0.25, -0.2) is 4.98 Å². The molecule has 1 aromatic rings. The number of aryl methyl sites for hydroxylation is 1. The number of nitrogens with zero attached hydrogens (tertiary/aromatic N) is 3. The molecule has 1 aromatic heterocycles. The topological polar surface area (TPSA) is 21.1 Å². The van der Waals surface area contributed by atoms with Crippen molar-refractivity contribution in [3.8, 4) is 0 Å². The standard InChI is InChI=1S/C13H23N3/c1-11-14-9-12(15(11)4)10-16-7-5-13(2,3)6-8-16/h9H,5-8,10H2,1-4H3. The van der Waals surface area contributed by atoms with Crippen molar-refractivity contribution in [2.24, 2.45) is 12.5 Å². The van der Waals surface area contributed by atoms with Crippen LogP contribution in [0.4, 0.5) is 0 Å². The van der Waals surface area contributed by atoms with Crippen LogP contribution in [0.5, 0.6) is 0 Å². The molecule has 1 aliphatic heterocycles. The minimum absolute atomic E-state index is 0.541. The second-order valence-electron chi connectivity index (χ2n) is 5.80. The molecule has 0 atom stereocenters. The summed E-state index contributed by atoms with van der Waals surface area (Å²) in [6, 6.07) is 0. The molecule has 0 radical (unpaired) electrons. The molecule has 3 heteroatoms. The summed E-state index contributed by atoms with van der Waals surface area (Å²) in [5, 5.41) is 0. The lowest BCUT2D eigenvalue weighted by atomic mass is 9.83. The first-order valence-electron chi connectivity index (χ1n) is 6.17. The van der Waals surface area contributed by atoms with Crippen LogP contribution >= 0.6 is 0 Å². The van der Waals surface area contributed by atoms with Gasteiger partial charge in [0.25, 0.3) is 0 Å². The number of piperidine rings is 1. The minimum atomic E-state index is 0.541. The number of hydrogen-bond acceptors (Lipinski definition) is 2. The summed E-state index contributed by atoms with van der Waals surface area (Å²) in [5.41, 5.74) is 1.87. The summed E-state index contributed by atoms with van der Waals surface area (Å²) in [6.45, 7) is 10.3. The Morgan fingerprint density at radius 3 is 2.44 bits per heavy atom. The van der Waals surface area contributed by atoms with Crippen LogP contribution in [0.25, 0.3) is 0 Å². The van der Waals surface area contributed by atoms with Crippen molar-refractivity contribution >= 4 is 0 Å². The molecule has 0 N–H and O–H groups in total. The Bertz CT molecular complexity index is 355. The van der Waals surface area contributed by atoms with Crippen LogP contribution in [0.1, 0.15) is 38.2 Å². The first-order valence-corrected chi connectivity index (χ1v) is 6.17. The maximum absolute atomic E-state index is 4.35. The molecule has 1 fully saturated rings. The molecule has 2 heterocycles. The van der Waals surface area contributed by atoms with Crippen LogP contribution in [0.15, 0.2) is 6.20 Å². The van der Waals surface area contributed by atoms with Crippen LogP contribution in [0.2, 0.25) is 0 Å². The molecule has 0 aliphatic carbocycles. The Kier molecular flexibility index (Phi) is 3.06. The van der Waals surface area contributed by atoms with Gasteiger partial charge in [0, 0.05) is 19.8 Å². The summed E-state index contributed by atoms with van der Waals surface area (Å²) < 4.78 is 2.19. The molecule has 0 saturated carbocycles. The number of imidazole rings is 1. The van der Waals surface area contributed by atoms with Crippen molar-refractivity contribution < 1.29 is 0 Å². The highest BCUT2D eigenvalue weighted by molar-refractivity contribution is 5.03. The Hall–Kier alpha value is -0.830. The predicted molar refractivity (Wildman–Crippen MR) is 66.2 cm³/mol. The predicted octanol–water partition coefficient (Wildman–Crippen LogP) is 2.35. The highest BCUT2D eigenvalue weighted by Gasteiger charge is 2.25. The van der Waals surface area contributed by atoms with Crippen LogP contribution < -0.4 is 0 Å². The van der Waals surface area contributed by atoms with Crippen molar-refractivity contribution in [1.29, 1.82) is 0 Å². The van der Waals surface area contributed by atoms with Gasteiger partial charge in [0.2, 0.25) is 0 Å². The third-order valence-corrected chi connectivity index (χ3v) is 3.91. The molecule has 2 rings (SSSR count). The van der Waals surface area contributed by atoms with Gasteiger partial charge in [-0.2, -0.15) is 0 Å². The van der Waals surface area contributed by atoms with E-state index in [1.807, 2.05) is 6.20 Å². The average molecular weight is 221 g/mol. The smallest absolute Gasteiger partial charge is 0.105 e. The fourth-order valence-corrected chi connectivity index (χ4v) is 2.24. The van der Waals surface area contributed by atoms with Crippen LogP contribution in [0.3, 0.4) is 0 Å². The van der Waals surface area contributed by atoms with E-state index in [-0.39, 0.29) is 0 Å². The van der Waals surface area contributed by atoms with E-state index >= 15 is 0 Å². The molecule has 1 saturated heterocycles. The van der Waals surface area contributed by atoms with Gasteiger partial charge in [0.15, 0.2) is 0 Å². The Balaban J connectivity index is 1.94. The lowest BCUT2D eigenvalue weighted by Gasteiger charge is -2.36. The molecule has 90 valence electrons. The van der Waals surface area contributed by atoms with Gasteiger partial charge in [0.05, 0.1) is 5.69 Å². The van der Waals surface area contributed by atoms with Gasteiger partial charge >= 0.3 is 0 Å². The van der Waals surface area contributed by atoms with E-state index < -0.39 is 0 Å². The molecular weight excluding hydrogens is 198 g/mol. The zero-order chi connectivity index (χ0) is 11.8. The Labute approximate surface area is 98.5 Å². The van der Waals surface area contributed by atoms with Crippen LogP contribution in [-0.2, 0) is 13.6 Å². The quantitative estimate of drug-likeness (QED) is 0.764. The van der Waals surface area contributed by atoms with E-state index in [1.54, 1.807) is 0 Å². The highest BCUT2D eigenvalue weighted by atomic mass is 15.2. The number of hydrogen-bond donors (Lipinski definition) is 0. The average Bonchev–Trinajstić information content (AvgIpc) is 2.53. The van der Waals surface area contributed by atoms with Crippen molar-refractivity contribution in [2.45, 2.75) is 40.2 Å². The number of likely N-dealkylation sites (tertiary alicyclic amines) is 1. The van der Waals surface area contributed by atoms with Crippen LogP contribution in [-0.4, -0.2) is 27.5 Å². The summed E-state index contributed by atoms with van der Waals surface area (Å²) in [7, 11) is 2.10. The van der Waals surface area contributed by atoms with E-state index in [2.05, 4.69) is 42.3 Å². The fourth-order valence-electron chi connectivity index (χ4n) is 2.24. The molecule has 0 amide bonds. The summed E-state index contributed by atoms with van der Waals surface area (Å²) in [4.78, 5) is 6.89. The lowest BCUT2D eigenvalue weighted by Crippen LogP contribution is -2.37. The molecule has 1 aliphatic rings. The van der Waals surface area contributed by atoms with Gasteiger partial charge in [-0.05, 0) is 38.3 Å². The number of rotatable bonds is 2. The monoisotopic (exact) mass is 221 g/mol. The summed E-state index contributed by atoms with van der Waals surface area (Å²) >= 11 is 0. The first kappa shape index (κ1) is 11.6. The minimum Gasteiger partial charge on any atom is -0.334 e. The molecular formula is C13H23N3. The van der Waals surface area contributed by atoms with Crippen molar-refractivity contribution in [3.63, 3.8) is 0 Å². The third kappa shape index (κ3) is 2.46. The van der Waals surface area contributed by atoms with Crippen LogP contribution in [0, 0.1) is 12.3 Å². The van der Waals surface area contributed by atoms with Gasteiger partial charge < -0.3 is 4.57 Å². The Morgan fingerprint density at radius 2 is 1.94 bits per heavy atom. The second kappa shape index (κ2) is 4.21. The van der Waals surface area contributed by atoms with E-state index in [0.717, 1.165) is 12.4 Å². The maximum atomic E-state index is 4.35. The SMILES string of the molecule is Cc1ncc(CN2CCC(C)(C)CC2)n1C. The largest absolute Gasteiger partial charge is 0.334 e. The zero-order valence-electron chi connectivity index (χ0n) is 11.0. The molecule has 0 aromatic carbocycles. The van der Waals surface area contributed by atoms with Gasteiger partial charge in [-0.15, -0.1) is 0 Å². The molecule has 3 nitrogen and oxygen atoms in total. The van der Waals surface area contributed by atoms with Crippen molar-refractivity contribution in [2.75, 3.05) is 13.1 Å². The molecule has 0 spiro atoms. The van der Waals surface area contributed by atoms with Crippen molar-refractivity contribution in [1.82, 2.24) is 14.5 Å². The second-order valence-corrected chi connectivity index (χ2v) is 5.80. The molecule has 0 bridgehead atoms. The van der Waals surface area contributed by atoms with E-state index in [0.29, 0.717) is 5.41 Å². The van der Waals surface area contributed by atoms with Gasteiger partial charge in [0.1, 0.15) is 5.82 Å². The molecule has 0 unspecified atom stereocenters. The lowest BCUT2D eigenvalue weighted by molar-refractivity contribution is 0.125. The number of aromatic nitrogens is 2. The molecule has 16 heavy (non-hydrogen) atoms. The van der Waals surface area contributed by atoms with E-state index in [4.69, 9.17) is 0 Å². The first-order chi connectivity index (χ1) is 7.48. The summed E-state index contributed by atoms with van der Waals surface area (Å²) in [6.07, 6.45) is 4.63. The fraction of sp³-hybridized carbons (Fsp3) is 0.769. The highest BCUT2D eigenvalue weighted by Crippen LogP contribution is 2.30. The third-order valence-electron chi connectivity index (χ3n) is 3.91. The van der Waals surface area contributed by atoms with Gasteiger partial charge in [-0.3, -0.25) is 4.90 Å². The van der Waals surface area contributed by atoms with E-state index in [1.165, 1.54) is 31.6 Å². The van der Waals surface area contributed by atoms with E-state index in [9.17, 15) is 0 Å².